The third-order valence-electron chi connectivity index (χ3n) is 1.88. The van der Waals surface area contributed by atoms with Crippen LogP contribution >= 0.6 is 31.9 Å². The summed E-state index contributed by atoms with van der Waals surface area (Å²) in [7, 11) is 3.00. The summed E-state index contributed by atoms with van der Waals surface area (Å²) in [5, 5.41) is 0. The van der Waals surface area contributed by atoms with E-state index in [-0.39, 0.29) is 0 Å². The number of halogens is 2. The van der Waals surface area contributed by atoms with E-state index in [1.165, 1.54) is 25.2 Å². The van der Waals surface area contributed by atoms with E-state index in [0.29, 0.717) is 0 Å². The average Bonchev–Trinajstić information content (AvgIpc) is 2.54. The highest BCUT2D eigenvalue weighted by molar-refractivity contribution is 9.24. The quantitative estimate of drug-likeness (QED) is 0.598. The molecule has 0 heterocycles. The number of aryl methyl sites for hydroxylation is 2. The van der Waals surface area contributed by atoms with Crippen molar-refractivity contribution in [2.24, 2.45) is 11.5 Å². The molecule has 0 fully saturated rings. The fraction of sp³-hybridized carbons (Fsp3) is 0.294. The predicted octanol–water partition coefficient (Wildman–Crippen LogP) is 4.87. The smallest absolute Gasteiger partial charge is 0.0588 e. The van der Waals surface area contributed by atoms with Crippen LogP contribution in [0.3, 0.4) is 0 Å². The second kappa shape index (κ2) is 24.3. The van der Waals surface area contributed by atoms with Crippen molar-refractivity contribution in [3.05, 3.63) is 71.8 Å². The SMILES string of the molecule is BrCBr.CN.CN.Cc1ccccc1.Cc1ccccc1. The summed E-state index contributed by atoms with van der Waals surface area (Å²) in [4.78, 5) is 0. The van der Waals surface area contributed by atoms with Gasteiger partial charge in [-0.15, -0.1) is 0 Å². The third-order valence-corrected chi connectivity index (χ3v) is 1.88. The van der Waals surface area contributed by atoms with Crippen molar-refractivity contribution in [1.29, 1.82) is 0 Å². The molecule has 0 aromatic heterocycles. The summed E-state index contributed by atoms with van der Waals surface area (Å²) in [6, 6.07) is 20.5. The summed E-state index contributed by atoms with van der Waals surface area (Å²) < 4.78 is 0.875. The van der Waals surface area contributed by atoms with E-state index in [1.54, 1.807) is 0 Å². The van der Waals surface area contributed by atoms with E-state index in [9.17, 15) is 0 Å². The van der Waals surface area contributed by atoms with Crippen molar-refractivity contribution in [3.8, 4) is 0 Å². The molecule has 0 bridgehead atoms. The van der Waals surface area contributed by atoms with E-state index < -0.39 is 0 Å². The molecule has 0 aliphatic heterocycles. The van der Waals surface area contributed by atoms with Crippen molar-refractivity contribution >= 4 is 31.9 Å². The summed E-state index contributed by atoms with van der Waals surface area (Å²) in [5.41, 5.74) is 11.6. The molecule has 0 aliphatic rings. The zero-order valence-electron chi connectivity index (χ0n) is 13.4. The summed E-state index contributed by atoms with van der Waals surface area (Å²) in [6.07, 6.45) is 0. The number of hydrogen-bond acceptors (Lipinski definition) is 2. The van der Waals surface area contributed by atoms with E-state index in [2.05, 4.69) is 81.4 Å². The van der Waals surface area contributed by atoms with E-state index in [4.69, 9.17) is 0 Å². The number of alkyl halides is 2. The Morgan fingerprint density at radius 2 is 0.810 bits per heavy atom. The second-order valence-corrected chi connectivity index (χ2v) is 6.04. The van der Waals surface area contributed by atoms with Crippen LogP contribution < -0.4 is 11.5 Å². The minimum absolute atomic E-state index is 0.875. The van der Waals surface area contributed by atoms with Crippen LogP contribution in [0.1, 0.15) is 11.1 Å². The Balaban J connectivity index is -0.000000219. The van der Waals surface area contributed by atoms with Gasteiger partial charge in [-0.2, -0.15) is 0 Å². The molecule has 4 N–H and O–H groups in total. The van der Waals surface area contributed by atoms with Crippen molar-refractivity contribution < 1.29 is 0 Å². The van der Waals surface area contributed by atoms with E-state index in [1.807, 2.05) is 36.4 Å². The lowest BCUT2D eigenvalue weighted by atomic mass is 10.2. The lowest BCUT2D eigenvalue weighted by Gasteiger charge is -1.82. The van der Waals surface area contributed by atoms with Crippen LogP contribution in [0.5, 0.6) is 0 Å². The maximum Gasteiger partial charge on any atom is 0.0588 e. The molecule has 0 unspecified atom stereocenters. The van der Waals surface area contributed by atoms with Crippen molar-refractivity contribution in [1.82, 2.24) is 0 Å². The highest BCUT2D eigenvalue weighted by Gasteiger charge is 1.72. The fourth-order valence-corrected chi connectivity index (χ4v) is 1.07. The van der Waals surface area contributed by atoms with Crippen LogP contribution in [0.4, 0.5) is 0 Å². The van der Waals surface area contributed by atoms with Crippen LogP contribution in [0.2, 0.25) is 0 Å². The molecule has 0 saturated heterocycles. The largest absolute Gasteiger partial charge is 0.333 e. The van der Waals surface area contributed by atoms with Crippen molar-refractivity contribution in [3.63, 3.8) is 0 Å². The van der Waals surface area contributed by atoms with Gasteiger partial charge in [0, 0.05) is 0 Å². The van der Waals surface area contributed by atoms with Gasteiger partial charge in [0.15, 0.2) is 0 Å². The molecule has 2 nitrogen and oxygen atoms in total. The molecule has 0 radical (unpaired) electrons. The lowest BCUT2D eigenvalue weighted by Crippen LogP contribution is -1.69. The number of benzene rings is 2. The number of hydrogen-bond donors (Lipinski definition) is 2. The molecule has 0 atom stereocenters. The van der Waals surface area contributed by atoms with Gasteiger partial charge in [0.2, 0.25) is 0 Å². The van der Waals surface area contributed by atoms with Gasteiger partial charge in [0.05, 0.1) is 4.24 Å². The first kappa shape index (κ1) is 25.3. The molecule has 2 aromatic carbocycles. The Morgan fingerprint density at radius 1 is 0.619 bits per heavy atom. The van der Waals surface area contributed by atoms with Crippen molar-refractivity contribution in [2.75, 3.05) is 18.3 Å². The van der Waals surface area contributed by atoms with Gasteiger partial charge < -0.3 is 11.5 Å². The Morgan fingerprint density at radius 3 is 0.905 bits per heavy atom. The zero-order valence-corrected chi connectivity index (χ0v) is 16.6. The van der Waals surface area contributed by atoms with Crippen LogP contribution in [-0.2, 0) is 0 Å². The summed E-state index contributed by atoms with van der Waals surface area (Å²) in [6.45, 7) is 4.17. The van der Waals surface area contributed by atoms with Crippen molar-refractivity contribution in [2.45, 2.75) is 13.8 Å². The third kappa shape index (κ3) is 24.7. The Kier molecular flexibility index (Phi) is 29.3. The zero-order chi connectivity index (χ0) is 16.9. The average molecular weight is 420 g/mol. The van der Waals surface area contributed by atoms with Gasteiger partial charge in [-0.1, -0.05) is 104 Å². The normalized spacial score (nSPS) is 7.24. The van der Waals surface area contributed by atoms with Crippen LogP contribution in [0.25, 0.3) is 0 Å². The maximum atomic E-state index is 4.50. The van der Waals surface area contributed by atoms with Gasteiger partial charge >= 0.3 is 0 Å². The van der Waals surface area contributed by atoms with Gasteiger partial charge in [0.25, 0.3) is 0 Å². The fourth-order valence-electron chi connectivity index (χ4n) is 1.07. The van der Waals surface area contributed by atoms with Crippen LogP contribution in [0.15, 0.2) is 60.7 Å². The summed E-state index contributed by atoms with van der Waals surface area (Å²) in [5.74, 6) is 0. The molecule has 0 aliphatic carbocycles. The molecule has 21 heavy (non-hydrogen) atoms. The second-order valence-electron chi connectivity index (χ2n) is 3.41. The van der Waals surface area contributed by atoms with Gasteiger partial charge in [-0.3, -0.25) is 0 Å². The van der Waals surface area contributed by atoms with Crippen LogP contribution in [-0.4, -0.2) is 18.3 Å². The molecule has 0 amide bonds. The van der Waals surface area contributed by atoms with E-state index in [0.717, 1.165) is 4.24 Å². The topological polar surface area (TPSA) is 52.0 Å². The Hall–Kier alpha value is -0.680. The number of rotatable bonds is 0. The highest BCUT2D eigenvalue weighted by Crippen LogP contribution is 1.92. The summed E-state index contributed by atoms with van der Waals surface area (Å²) >= 11 is 6.12. The molecule has 0 saturated carbocycles. The molecule has 2 aromatic rings. The first-order chi connectivity index (χ1) is 10.2. The standard InChI is InChI=1S/2C7H8.CH2Br2.2CH5N/c2*1-7-5-3-2-4-6-7;2-1-3;2*1-2/h2*2-6H,1H3;1H2;2*2H2,1H3. The van der Waals surface area contributed by atoms with E-state index >= 15 is 0 Å². The number of nitrogens with two attached hydrogens (primary N) is 2. The molecular formula is C17H28Br2N2. The Labute approximate surface area is 147 Å². The molecule has 120 valence electrons. The van der Waals surface area contributed by atoms with Gasteiger partial charge in [-0.05, 0) is 27.9 Å². The predicted molar refractivity (Wildman–Crippen MR) is 105 cm³/mol. The highest BCUT2D eigenvalue weighted by atomic mass is 79.9. The lowest BCUT2D eigenvalue weighted by molar-refractivity contribution is 1.48. The van der Waals surface area contributed by atoms with Gasteiger partial charge in [0.1, 0.15) is 0 Å². The van der Waals surface area contributed by atoms with Gasteiger partial charge in [-0.25, -0.2) is 0 Å². The van der Waals surface area contributed by atoms with Crippen LogP contribution in [0, 0.1) is 13.8 Å². The minimum atomic E-state index is 0.875. The Bertz CT molecular complexity index is 330. The first-order valence-corrected chi connectivity index (χ1v) is 8.75. The molecule has 0 spiro atoms. The molecule has 2 rings (SSSR count). The first-order valence-electron chi connectivity index (χ1n) is 6.51. The monoisotopic (exact) mass is 418 g/mol. The minimum Gasteiger partial charge on any atom is -0.333 e. The molecular weight excluding hydrogens is 392 g/mol. The maximum absolute atomic E-state index is 4.50. The molecule has 4 heteroatoms.